The summed E-state index contributed by atoms with van der Waals surface area (Å²) in [6.45, 7) is 2.30. The third-order valence-electron chi connectivity index (χ3n) is 4.77. The first-order valence-corrected chi connectivity index (χ1v) is 12.8. The van der Waals surface area contributed by atoms with Gasteiger partial charge in [0.2, 0.25) is 0 Å². The van der Waals surface area contributed by atoms with E-state index in [1.165, 1.54) is 18.2 Å². The van der Waals surface area contributed by atoms with E-state index in [-0.39, 0.29) is 17.7 Å². The minimum absolute atomic E-state index is 0.0782. The standard InChI is InChI=1S/C18H22F4N3OPS/c1-27(2,26)15(18(20,21)22)10-16-23-17(12-5-3-6-13(19)9-12)24-25(16)14-7-4-8-28-11-14/h3,5-6,9,14-15H,4,7-8,10-11H2,1-2H3. The van der Waals surface area contributed by atoms with Crippen LogP contribution in [0.2, 0.25) is 0 Å². The summed E-state index contributed by atoms with van der Waals surface area (Å²) in [5.41, 5.74) is -1.58. The molecule has 2 aromatic rings. The molecule has 28 heavy (non-hydrogen) atoms. The molecule has 0 spiro atoms. The lowest BCUT2D eigenvalue weighted by atomic mass is 10.2. The molecule has 10 heteroatoms. The molecule has 0 saturated carbocycles. The van der Waals surface area contributed by atoms with Crippen LogP contribution in [0.1, 0.15) is 24.7 Å². The highest BCUT2D eigenvalue weighted by molar-refractivity contribution is 7.99. The molecule has 2 unspecified atom stereocenters. The summed E-state index contributed by atoms with van der Waals surface area (Å²) in [6, 6.07) is 5.58. The van der Waals surface area contributed by atoms with Gasteiger partial charge >= 0.3 is 6.18 Å². The van der Waals surface area contributed by atoms with Gasteiger partial charge in [-0.1, -0.05) is 12.1 Å². The van der Waals surface area contributed by atoms with Crippen LogP contribution < -0.4 is 0 Å². The Morgan fingerprint density at radius 3 is 2.68 bits per heavy atom. The first-order valence-electron chi connectivity index (χ1n) is 8.96. The summed E-state index contributed by atoms with van der Waals surface area (Å²) in [5, 5.41) is 4.43. The van der Waals surface area contributed by atoms with Crippen molar-refractivity contribution in [1.29, 1.82) is 0 Å². The van der Waals surface area contributed by atoms with E-state index in [9.17, 15) is 22.1 Å². The average Bonchev–Trinajstić information content (AvgIpc) is 3.03. The maximum Gasteiger partial charge on any atom is 0.398 e. The van der Waals surface area contributed by atoms with Gasteiger partial charge in [-0.15, -0.1) is 0 Å². The summed E-state index contributed by atoms with van der Waals surface area (Å²) >= 11 is 1.72. The Morgan fingerprint density at radius 2 is 2.11 bits per heavy atom. The number of aromatic nitrogens is 3. The van der Waals surface area contributed by atoms with Crippen molar-refractivity contribution in [2.75, 3.05) is 24.8 Å². The zero-order valence-electron chi connectivity index (χ0n) is 15.6. The SMILES string of the molecule is CP(C)(=O)C(Cc1nc(-c2cccc(F)c2)nn1C1CCCSC1)C(F)(F)F. The van der Waals surface area contributed by atoms with Gasteiger partial charge in [-0.05, 0) is 44.1 Å². The van der Waals surface area contributed by atoms with Crippen LogP contribution in [-0.4, -0.2) is 51.4 Å². The van der Waals surface area contributed by atoms with E-state index in [0.717, 1.165) is 37.7 Å². The molecule has 2 heterocycles. The first kappa shape index (κ1) is 21.4. The molecule has 1 aromatic carbocycles. The Labute approximate surface area is 165 Å². The van der Waals surface area contributed by atoms with Crippen molar-refractivity contribution in [1.82, 2.24) is 14.8 Å². The van der Waals surface area contributed by atoms with Gasteiger partial charge < -0.3 is 4.57 Å². The van der Waals surface area contributed by atoms with E-state index in [4.69, 9.17) is 0 Å². The molecule has 0 aliphatic carbocycles. The monoisotopic (exact) mass is 435 g/mol. The molecule has 0 bridgehead atoms. The number of hydrogen-bond donors (Lipinski definition) is 0. The van der Waals surface area contributed by atoms with Crippen molar-refractivity contribution < 1.29 is 22.1 Å². The summed E-state index contributed by atoms with van der Waals surface area (Å²) in [5.74, 6) is 1.60. The molecule has 2 atom stereocenters. The Kier molecular flexibility index (Phi) is 6.25. The third-order valence-corrected chi connectivity index (χ3v) is 7.95. The molecule has 1 aromatic heterocycles. The van der Waals surface area contributed by atoms with Crippen molar-refractivity contribution in [3.05, 3.63) is 35.9 Å². The molecule has 1 aliphatic rings. The minimum atomic E-state index is -4.60. The van der Waals surface area contributed by atoms with Crippen LogP contribution in [0.15, 0.2) is 24.3 Å². The van der Waals surface area contributed by atoms with Crippen LogP contribution in [0.3, 0.4) is 0 Å². The second kappa shape index (κ2) is 8.19. The highest BCUT2D eigenvalue weighted by atomic mass is 32.2. The fourth-order valence-electron chi connectivity index (χ4n) is 3.31. The number of nitrogens with zero attached hydrogens (tertiary/aromatic N) is 3. The van der Waals surface area contributed by atoms with E-state index in [1.54, 1.807) is 22.5 Å². The topological polar surface area (TPSA) is 47.8 Å². The Hall–Kier alpha value is -1.34. The van der Waals surface area contributed by atoms with Gasteiger partial charge in [0, 0.05) is 17.7 Å². The lowest BCUT2D eigenvalue weighted by molar-refractivity contribution is -0.130. The van der Waals surface area contributed by atoms with E-state index in [1.807, 2.05) is 0 Å². The number of rotatable bonds is 5. The Bertz CT molecular complexity index is 874. The second-order valence-corrected chi connectivity index (χ2v) is 12.0. The number of alkyl halides is 3. The van der Waals surface area contributed by atoms with Crippen LogP contribution >= 0.6 is 18.9 Å². The highest BCUT2D eigenvalue weighted by Crippen LogP contribution is 2.51. The van der Waals surface area contributed by atoms with Crippen LogP contribution in [-0.2, 0) is 11.0 Å². The van der Waals surface area contributed by atoms with Gasteiger partial charge in [0.05, 0.1) is 13.2 Å². The van der Waals surface area contributed by atoms with Gasteiger partial charge in [-0.3, -0.25) is 0 Å². The van der Waals surface area contributed by atoms with E-state index < -0.39 is 31.2 Å². The van der Waals surface area contributed by atoms with E-state index >= 15 is 0 Å². The van der Waals surface area contributed by atoms with Gasteiger partial charge in [0.1, 0.15) is 17.3 Å². The zero-order valence-corrected chi connectivity index (χ0v) is 17.3. The zero-order chi connectivity index (χ0) is 20.5. The largest absolute Gasteiger partial charge is 0.398 e. The quantitative estimate of drug-likeness (QED) is 0.476. The summed E-state index contributed by atoms with van der Waals surface area (Å²) in [4.78, 5) is 4.32. The Balaban J connectivity index is 2.03. The van der Waals surface area contributed by atoms with Crippen molar-refractivity contribution in [2.45, 2.75) is 37.1 Å². The predicted molar refractivity (Wildman–Crippen MR) is 104 cm³/mol. The van der Waals surface area contributed by atoms with Crippen molar-refractivity contribution in [3.63, 3.8) is 0 Å². The normalized spacial score (nSPS) is 19.6. The maximum atomic E-state index is 13.6. The lowest BCUT2D eigenvalue weighted by Gasteiger charge is -2.26. The van der Waals surface area contributed by atoms with Crippen molar-refractivity contribution in [2.24, 2.45) is 0 Å². The molecule has 1 fully saturated rings. The summed E-state index contributed by atoms with van der Waals surface area (Å²) < 4.78 is 68.2. The first-order chi connectivity index (χ1) is 13.1. The number of hydrogen-bond acceptors (Lipinski definition) is 4. The van der Waals surface area contributed by atoms with Crippen molar-refractivity contribution in [3.8, 4) is 11.4 Å². The average molecular weight is 435 g/mol. The van der Waals surface area contributed by atoms with Crippen molar-refractivity contribution >= 4 is 18.9 Å². The van der Waals surface area contributed by atoms with Crippen LogP contribution in [0, 0.1) is 5.82 Å². The van der Waals surface area contributed by atoms with Gasteiger partial charge in [-0.25, -0.2) is 14.1 Å². The Morgan fingerprint density at radius 1 is 1.36 bits per heavy atom. The molecule has 0 amide bonds. The smallest absolute Gasteiger partial charge is 0.323 e. The fraction of sp³-hybridized carbons (Fsp3) is 0.556. The third kappa shape index (κ3) is 4.98. The summed E-state index contributed by atoms with van der Waals surface area (Å²) in [6.07, 6.45) is -3.38. The van der Waals surface area contributed by atoms with Crippen LogP contribution in [0.4, 0.5) is 17.6 Å². The van der Waals surface area contributed by atoms with Gasteiger partial charge in [0.15, 0.2) is 5.82 Å². The number of benzene rings is 1. The van der Waals surface area contributed by atoms with Crippen LogP contribution in [0.5, 0.6) is 0 Å². The molecule has 154 valence electrons. The number of thioether (sulfide) groups is 1. The summed E-state index contributed by atoms with van der Waals surface area (Å²) in [7, 11) is -3.46. The molecule has 3 rings (SSSR count). The van der Waals surface area contributed by atoms with Crippen LogP contribution in [0.25, 0.3) is 11.4 Å². The second-order valence-electron chi connectivity index (χ2n) is 7.37. The highest BCUT2D eigenvalue weighted by Gasteiger charge is 2.47. The molecule has 1 saturated heterocycles. The van der Waals surface area contributed by atoms with E-state index in [0.29, 0.717) is 5.56 Å². The molecular weight excluding hydrogens is 413 g/mol. The molecule has 0 N–H and O–H groups in total. The van der Waals surface area contributed by atoms with E-state index in [2.05, 4.69) is 10.1 Å². The predicted octanol–water partition coefficient (Wildman–Crippen LogP) is 5.25. The molecule has 4 nitrogen and oxygen atoms in total. The fourth-order valence-corrected chi connectivity index (χ4v) is 5.74. The molecular formula is C18H22F4N3OPS. The molecule has 1 aliphatic heterocycles. The number of halogens is 4. The minimum Gasteiger partial charge on any atom is -0.323 e. The van der Waals surface area contributed by atoms with Gasteiger partial charge in [0.25, 0.3) is 0 Å². The van der Waals surface area contributed by atoms with Gasteiger partial charge in [-0.2, -0.15) is 30.0 Å². The molecule has 0 radical (unpaired) electrons. The lowest BCUT2D eigenvalue weighted by Crippen LogP contribution is -2.32. The maximum absolute atomic E-state index is 13.6.